The number of aromatic hydroxyl groups is 1. The number of nitrogens with one attached hydrogen (secondary N) is 1. The molecule has 0 heterocycles. The predicted molar refractivity (Wildman–Crippen MR) is 81.1 cm³/mol. The Morgan fingerprint density at radius 1 is 1.14 bits per heavy atom. The molecule has 0 unspecified atom stereocenters. The number of carbonyl (C=O) groups is 1. The lowest BCUT2D eigenvalue weighted by molar-refractivity contribution is 0.102. The average Bonchev–Trinajstić information content (AvgIpc) is 2.48. The summed E-state index contributed by atoms with van der Waals surface area (Å²) in [6.45, 7) is 3.39. The van der Waals surface area contributed by atoms with Crippen molar-refractivity contribution in [3.05, 3.63) is 59.7 Å². The van der Waals surface area contributed by atoms with Gasteiger partial charge in [0.05, 0.1) is 11.5 Å². The van der Waals surface area contributed by atoms with Gasteiger partial charge in [0.2, 0.25) is 0 Å². The van der Waals surface area contributed by atoms with E-state index in [1.165, 1.54) is 6.07 Å². The highest BCUT2D eigenvalue weighted by Crippen LogP contribution is 2.36. The summed E-state index contributed by atoms with van der Waals surface area (Å²) in [5.41, 5.74) is 0.457. The standard InChI is InChI=1S/C17H16N2O2/c1-17(2,11-18)15-13(9-6-10-14(15)20)19-16(21)12-7-4-3-5-8-12/h3-10,20H,1-2H3,(H,19,21). The van der Waals surface area contributed by atoms with E-state index in [-0.39, 0.29) is 11.7 Å². The van der Waals surface area contributed by atoms with Gasteiger partial charge >= 0.3 is 0 Å². The van der Waals surface area contributed by atoms with Gasteiger partial charge in [0.15, 0.2) is 0 Å². The first-order valence-corrected chi connectivity index (χ1v) is 6.56. The minimum atomic E-state index is -0.912. The third-order valence-electron chi connectivity index (χ3n) is 3.23. The normalized spacial score (nSPS) is 10.7. The molecule has 0 aliphatic rings. The van der Waals surface area contributed by atoms with Crippen molar-refractivity contribution in [1.29, 1.82) is 5.26 Å². The number of hydrogen-bond acceptors (Lipinski definition) is 3. The van der Waals surface area contributed by atoms with Crippen LogP contribution in [0.2, 0.25) is 0 Å². The summed E-state index contributed by atoms with van der Waals surface area (Å²) in [6.07, 6.45) is 0. The van der Waals surface area contributed by atoms with E-state index in [1.807, 2.05) is 6.07 Å². The quantitative estimate of drug-likeness (QED) is 0.904. The molecule has 0 spiro atoms. The molecule has 4 nitrogen and oxygen atoms in total. The van der Waals surface area contributed by atoms with Crippen molar-refractivity contribution in [1.82, 2.24) is 0 Å². The van der Waals surface area contributed by atoms with Gasteiger partial charge in [-0.2, -0.15) is 5.26 Å². The maximum absolute atomic E-state index is 12.2. The second kappa shape index (κ2) is 5.68. The monoisotopic (exact) mass is 280 g/mol. The van der Waals surface area contributed by atoms with Crippen LogP contribution in [0.5, 0.6) is 5.75 Å². The van der Waals surface area contributed by atoms with Crippen molar-refractivity contribution in [2.45, 2.75) is 19.3 Å². The van der Waals surface area contributed by atoms with Gasteiger partial charge in [-0.05, 0) is 38.1 Å². The molecule has 1 amide bonds. The van der Waals surface area contributed by atoms with Crippen LogP contribution in [0.4, 0.5) is 5.69 Å². The van der Waals surface area contributed by atoms with Crippen molar-refractivity contribution in [3.63, 3.8) is 0 Å². The number of hydrogen-bond donors (Lipinski definition) is 2. The lowest BCUT2D eigenvalue weighted by Crippen LogP contribution is -2.20. The number of amides is 1. The third-order valence-corrected chi connectivity index (χ3v) is 3.23. The first-order valence-electron chi connectivity index (χ1n) is 6.56. The molecule has 2 aromatic carbocycles. The molecule has 0 aliphatic carbocycles. The molecular weight excluding hydrogens is 264 g/mol. The lowest BCUT2D eigenvalue weighted by atomic mass is 9.84. The number of carbonyl (C=O) groups excluding carboxylic acids is 1. The van der Waals surface area contributed by atoms with Gasteiger partial charge in [-0.1, -0.05) is 24.3 Å². The fraction of sp³-hybridized carbons (Fsp3) is 0.176. The van der Waals surface area contributed by atoms with Crippen molar-refractivity contribution in [2.75, 3.05) is 5.32 Å². The number of phenols is 1. The summed E-state index contributed by atoms with van der Waals surface area (Å²) in [5, 5.41) is 22.1. The van der Waals surface area contributed by atoms with Crippen LogP contribution < -0.4 is 5.32 Å². The van der Waals surface area contributed by atoms with Crippen molar-refractivity contribution < 1.29 is 9.90 Å². The fourth-order valence-electron chi connectivity index (χ4n) is 2.14. The maximum Gasteiger partial charge on any atom is 0.255 e. The molecule has 0 aromatic heterocycles. The number of benzene rings is 2. The molecule has 2 aromatic rings. The smallest absolute Gasteiger partial charge is 0.255 e. The zero-order chi connectivity index (χ0) is 15.5. The van der Waals surface area contributed by atoms with Crippen LogP contribution in [0.25, 0.3) is 0 Å². The van der Waals surface area contributed by atoms with Crippen LogP contribution in [-0.4, -0.2) is 11.0 Å². The molecule has 0 saturated heterocycles. The Balaban J connectivity index is 2.40. The van der Waals surface area contributed by atoms with E-state index in [1.54, 1.807) is 50.2 Å². The van der Waals surface area contributed by atoms with E-state index < -0.39 is 5.41 Å². The highest BCUT2D eigenvalue weighted by Gasteiger charge is 2.27. The first-order chi connectivity index (χ1) is 9.95. The summed E-state index contributed by atoms with van der Waals surface area (Å²) in [7, 11) is 0. The summed E-state index contributed by atoms with van der Waals surface area (Å²) in [4.78, 5) is 12.2. The topological polar surface area (TPSA) is 73.1 Å². The molecule has 0 fully saturated rings. The summed E-state index contributed by atoms with van der Waals surface area (Å²) in [6, 6.07) is 15.7. The van der Waals surface area contributed by atoms with Crippen LogP contribution in [0, 0.1) is 11.3 Å². The minimum Gasteiger partial charge on any atom is -0.508 e. The molecule has 106 valence electrons. The SMILES string of the molecule is CC(C)(C#N)c1c(O)cccc1NC(=O)c1ccccc1. The Morgan fingerprint density at radius 3 is 2.43 bits per heavy atom. The Labute approximate surface area is 123 Å². The Kier molecular flexibility index (Phi) is 3.95. The number of phenolic OH excluding ortho intramolecular Hbond substituents is 1. The number of rotatable bonds is 3. The van der Waals surface area contributed by atoms with Crippen LogP contribution in [0.1, 0.15) is 29.8 Å². The third kappa shape index (κ3) is 3.03. The Morgan fingerprint density at radius 2 is 1.81 bits per heavy atom. The van der Waals surface area contributed by atoms with Gasteiger partial charge in [0.25, 0.3) is 5.91 Å². The largest absolute Gasteiger partial charge is 0.508 e. The zero-order valence-corrected chi connectivity index (χ0v) is 11.9. The van der Waals surface area contributed by atoms with E-state index in [2.05, 4.69) is 11.4 Å². The number of anilines is 1. The van der Waals surface area contributed by atoms with E-state index in [0.717, 1.165) is 0 Å². The van der Waals surface area contributed by atoms with Crippen LogP contribution >= 0.6 is 0 Å². The summed E-state index contributed by atoms with van der Waals surface area (Å²) < 4.78 is 0. The lowest BCUT2D eigenvalue weighted by Gasteiger charge is -2.21. The van der Waals surface area contributed by atoms with Gasteiger partial charge in [-0.25, -0.2) is 0 Å². The second-order valence-electron chi connectivity index (χ2n) is 5.26. The molecule has 2 N–H and O–H groups in total. The summed E-state index contributed by atoms with van der Waals surface area (Å²) in [5.74, 6) is -0.288. The van der Waals surface area contributed by atoms with E-state index in [9.17, 15) is 15.2 Å². The second-order valence-corrected chi connectivity index (χ2v) is 5.26. The molecular formula is C17H16N2O2. The van der Waals surface area contributed by atoms with Gasteiger partial charge in [-0.3, -0.25) is 4.79 Å². The van der Waals surface area contributed by atoms with E-state index in [4.69, 9.17) is 0 Å². The maximum atomic E-state index is 12.2. The highest BCUT2D eigenvalue weighted by molar-refractivity contribution is 6.04. The molecule has 0 atom stereocenters. The van der Waals surface area contributed by atoms with E-state index >= 15 is 0 Å². The van der Waals surface area contributed by atoms with Crippen LogP contribution in [-0.2, 0) is 5.41 Å². The zero-order valence-electron chi connectivity index (χ0n) is 11.9. The average molecular weight is 280 g/mol. The van der Waals surface area contributed by atoms with Gasteiger partial charge in [0, 0.05) is 16.8 Å². The molecule has 0 radical (unpaired) electrons. The van der Waals surface area contributed by atoms with Crippen molar-refractivity contribution in [3.8, 4) is 11.8 Å². The van der Waals surface area contributed by atoms with Gasteiger partial charge in [-0.15, -0.1) is 0 Å². The molecule has 0 saturated carbocycles. The molecule has 0 aliphatic heterocycles. The summed E-state index contributed by atoms with van der Waals surface area (Å²) >= 11 is 0. The minimum absolute atomic E-state index is 0.00703. The van der Waals surface area contributed by atoms with Crippen LogP contribution in [0.15, 0.2) is 48.5 Å². The highest BCUT2D eigenvalue weighted by atomic mass is 16.3. The predicted octanol–water partition coefficient (Wildman–Crippen LogP) is 3.45. The number of nitrogens with zero attached hydrogens (tertiary/aromatic N) is 1. The molecule has 4 heteroatoms. The first kappa shape index (κ1) is 14.6. The Bertz CT molecular complexity index is 700. The molecule has 0 bridgehead atoms. The van der Waals surface area contributed by atoms with Gasteiger partial charge in [0.1, 0.15) is 5.75 Å². The van der Waals surface area contributed by atoms with Crippen molar-refractivity contribution >= 4 is 11.6 Å². The van der Waals surface area contributed by atoms with Crippen LogP contribution in [0.3, 0.4) is 0 Å². The fourth-order valence-corrected chi connectivity index (χ4v) is 2.14. The van der Waals surface area contributed by atoms with Crippen molar-refractivity contribution in [2.24, 2.45) is 0 Å². The molecule has 2 rings (SSSR count). The number of nitriles is 1. The Hall–Kier alpha value is -2.80. The van der Waals surface area contributed by atoms with E-state index in [0.29, 0.717) is 16.8 Å². The van der Waals surface area contributed by atoms with Gasteiger partial charge < -0.3 is 10.4 Å². The molecule has 21 heavy (non-hydrogen) atoms.